The Bertz CT molecular complexity index is 224. The molecule has 1 atom stereocenters. The van der Waals surface area contributed by atoms with Gasteiger partial charge < -0.3 is 35.4 Å². The van der Waals surface area contributed by atoms with Crippen LogP contribution >= 0.6 is 0 Å². The molecule has 0 amide bonds. The molecule has 134 valence electrons. The van der Waals surface area contributed by atoms with Gasteiger partial charge in [0.1, 0.15) is 0 Å². The molecule has 0 spiro atoms. The molecule has 9 heteroatoms. The summed E-state index contributed by atoms with van der Waals surface area (Å²) >= 11 is 0. The summed E-state index contributed by atoms with van der Waals surface area (Å²) in [6.07, 6.45) is 0.457. The molecule has 0 radical (unpaired) electrons. The Hall–Kier alpha value is -1.26. The van der Waals surface area contributed by atoms with Crippen molar-refractivity contribution in [2.24, 2.45) is 0 Å². The molecule has 0 saturated heterocycles. The molecule has 0 aliphatic heterocycles. The summed E-state index contributed by atoms with van der Waals surface area (Å²) in [7, 11) is 0. The van der Waals surface area contributed by atoms with Crippen LogP contribution in [0.2, 0.25) is 0 Å². The van der Waals surface area contributed by atoms with Gasteiger partial charge in [-0.05, 0) is 19.8 Å². The van der Waals surface area contributed by atoms with Gasteiger partial charge in [-0.15, -0.1) is 0 Å². The number of carboxylic acids is 2. The van der Waals surface area contributed by atoms with Gasteiger partial charge in [0, 0.05) is 12.8 Å². The predicted octanol–water partition coefficient (Wildman–Crippen LogP) is -0.937. The number of carboxylic acid groups (broad SMARTS) is 2. The number of carbonyl (C=O) groups is 2. The van der Waals surface area contributed by atoms with Crippen LogP contribution in [0.4, 0.5) is 0 Å². The van der Waals surface area contributed by atoms with Crippen LogP contribution in [0.5, 0.6) is 0 Å². The fourth-order valence-electron chi connectivity index (χ4n) is 0.784. The first-order chi connectivity index (χ1) is 10.3. The van der Waals surface area contributed by atoms with Gasteiger partial charge in [-0.3, -0.25) is 9.59 Å². The molecule has 0 saturated carbocycles. The van der Waals surface area contributed by atoms with Gasteiger partial charge in [-0.25, -0.2) is 0 Å². The van der Waals surface area contributed by atoms with Gasteiger partial charge in [-0.2, -0.15) is 0 Å². The number of aliphatic carboxylic acids is 2. The van der Waals surface area contributed by atoms with Crippen molar-refractivity contribution in [1.82, 2.24) is 0 Å². The van der Waals surface area contributed by atoms with E-state index in [1.807, 2.05) is 0 Å². The molecule has 9 nitrogen and oxygen atoms in total. The van der Waals surface area contributed by atoms with E-state index >= 15 is 0 Å². The number of aliphatic hydroxyl groups excluding tert-OH is 4. The lowest BCUT2D eigenvalue weighted by Gasteiger charge is -1.94. The molecular formula is C13H28O9. The van der Waals surface area contributed by atoms with Crippen molar-refractivity contribution in [3.8, 4) is 0 Å². The topological polar surface area (TPSA) is 165 Å². The average Bonchev–Trinajstić information content (AvgIpc) is 2.45. The van der Waals surface area contributed by atoms with Gasteiger partial charge in [-0.1, -0.05) is 0 Å². The first-order valence-electron chi connectivity index (χ1n) is 6.83. The number of hydrogen-bond donors (Lipinski definition) is 6. The number of rotatable bonds is 10. The normalized spacial score (nSPS) is 10.6. The maximum Gasteiger partial charge on any atom is 0.303 e. The Morgan fingerprint density at radius 1 is 0.909 bits per heavy atom. The molecule has 0 aromatic rings. The molecule has 6 N–H and O–H groups in total. The summed E-state index contributed by atoms with van der Waals surface area (Å²) in [5.74, 6) is -1.74. The summed E-state index contributed by atoms with van der Waals surface area (Å²) in [4.78, 5) is 19.8. The first kappa shape index (κ1) is 25.7. The molecule has 22 heavy (non-hydrogen) atoms. The fraction of sp³-hybridized carbons (Fsp3) is 0.846. The largest absolute Gasteiger partial charge is 0.481 e. The van der Waals surface area contributed by atoms with Crippen LogP contribution in [0.3, 0.4) is 0 Å². The minimum absolute atomic E-state index is 0.0278. The standard InChI is InChI=1S/C6H10O4.C4H10O3.C3H8O2/c7-5(8)3-1-2-4-6(9)10;5-1-3-7-4-2-6;1-3(5)2-4/h1-4H2,(H,7,8)(H,9,10);5-6H,1-4H2;3-5H,2H2,1H3. The number of hydrogen-bond acceptors (Lipinski definition) is 7. The quantitative estimate of drug-likeness (QED) is 0.278. The molecule has 0 bridgehead atoms. The van der Waals surface area contributed by atoms with Crippen LogP contribution in [0.15, 0.2) is 0 Å². The zero-order chi connectivity index (χ0) is 17.8. The summed E-state index contributed by atoms with van der Waals surface area (Å²) in [5.41, 5.74) is 0. The summed E-state index contributed by atoms with van der Waals surface area (Å²) in [6, 6.07) is 0. The molecule has 1 unspecified atom stereocenters. The van der Waals surface area contributed by atoms with Crippen LogP contribution in [-0.2, 0) is 14.3 Å². The average molecular weight is 328 g/mol. The van der Waals surface area contributed by atoms with Crippen LogP contribution in [0.25, 0.3) is 0 Å². The van der Waals surface area contributed by atoms with Crippen LogP contribution in [0.1, 0.15) is 32.6 Å². The Balaban J connectivity index is -0.000000263. The van der Waals surface area contributed by atoms with E-state index in [4.69, 9.17) is 30.6 Å². The third-order valence-electron chi connectivity index (χ3n) is 1.77. The Morgan fingerprint density at radius 3 is 1.41 bits per heavy atom. The lowest BCUT2D eigenvalue weighted by atomic mass is 10.2. The Kier molecular flexibility index (Phi) is 25.7. The van der Waals surface area contributed by atoms with E-state index in [1.165, 1.54) is 6.92 Å². The van der Waals surface area contributed by atoms with E-state index in [0.717, 1.165) is 0 Å². The van der Waals surface area contributed by atoms with Crippen LogP contribution in [0, 0.1) is 0 Å². The van der Waals surface area contributed by atoms with E-state index in [-0.39, 0.29) is 32.7 Å². The highest BCUT2D eigenvalue weighted by molar-refractivity contribution is 5.67. The number of aliphatic hydroxyl groups is 4. The van der Waals surface area contributed by atoms with Crippen molar-refractivity contribution >= 4 is 11.9 Å². The number of unbranched alkanes of at least 4 members (excludes halogenated alkanes) is 1. The fourth-order valence-corrected chi connectivity index (χ4v) is 0.784. The smallest absolute Gasteiger partial charge is 0.303 e. The summed E-state index contributed by atoms with van der Waals surface area (Å²) in [5, 5.41) is 48.4. The van der Waals surface area contributed by atoms with Crippen LogP contribution in [-0.4, -0.2) is 81.7 Å². The second-order valence-corrected chi connectivity index (χ2v) is 4.09. The maximum atomic E-state index is 9.90. The molecule has 0 fully saturated rings. The second kappa shape index (κ2) is 22.0. The highest BCUT2D eigenvalue weighted by atomic mass is 16.5. The van der Waals surface area contributed by atoms with Gasteiger partial charge in [0.15, 0.2) is 0 Å². The predicted molar refractivity (Wildman–Crippen MR) is 77.5 cm³/mol. The molecule has 0 aliphatic rings. The van der Waals surface area contributed by atoms with E-state index in [0.29, 0.717) is 26.1 Å². The van der Waals surface area contributed by atoms with E-state index in [1.54, 1.807) is 0 Å². The minimum atomic E-state index is -0.870. The van der Waals surface area contributed by atoms with Crippen molar-refractivity contribution in [1.29, 1.82) is 0 Å². The zero-order valence-electron chi connectivity index (χ0n) is 12.8. The van der Waals surface area contributed by atoms with Crippen molar-refractivity contribution in [3.63, 3.8) is 0 Å². The zero-order valence-corrected chi connectivity index (χ0v) is 12.8. The van der Waals surface area contributed by atoms with Gasteiger partial charge in [0.25, 0.3) is 0 Å². The van der Waals surface area contributed by atoms with Crippen LogP contribution < -0.4 is 0 Å². The van der Waals surface area contributed by atoms with E-state index in [2.05, 4.69) is 4.74 Å². The first-order valence-corrected chi connectivity index (χ1v) is 6.83. The third-order valence-corrected chi connectivity index (χ3v) is 1.77. The Labute approximate surface area is 129 Å². The van der Waals surface area contributed by atoms with E-state index in [9.17, 15) is 9.59 Å². The molecule has 0 aliphatic carbocycles. The minimum Gasteiger partial charge on any atom is -0.481 e. The molecule has 0 aromatic carbocycles. The lowest BCUT2D eigenvalue weighted by Crippen LogP contribution is -2.03. The van der Waals surface area contributed by atoms with Gasteiger partial charge in [0.05, 0.1) is 39.1 Å². The third kappa shape index (κ3) is 42.8. The van der Waals surface area contributed by atoms with Crippen molar-refractivity contribution in [2.45, 2.75) is 38.7 Å². The second-order valence-electron chi connectivity index (χ2n) is 4.09. The molecule has 0 aromatic heterocycles. The summed E-state index contributed by atoms with van der Waals surface area (Å²) in [6.45, 7) is 2.08. The Morgan fingerprint density at radius 2 is 1.23 bits per heavy atom. The lowest BCUT2D eigenvalue weighted by molar-refractivity contribution is -0.139. The SMILES string of the molecule is CC(O)CO.O=C(O)CCCCC(=O)O.OCCOCCO. The molecular weight excluding hydrogens is 300 g/mol. The molecule has 0 heterocycles. The van der Waals surface area contributed by atoms with E-state index < -0.39 is 18.0 Å². The van der Waals surface area contributed by atoms with Gasteiger partial charge >= 0.3 is 11.9 Å². The van der Waals surface area contributed by atoms with Crippen molar-refractivity contribution < 1.29 is 45.0 Å². The highest BCUT2D eigenvalue weighted by Crippen LogP contribution is 1.98. The maximum absolute atomic E-state index is 9.90. The molecule has 0 rings (SSSR count). The monoisotopic (exact) mass is 328 g/mol. The number of ether oxygens (including phenoxy) is 1. The van der Waals surface area contributed by atoms with Crippen molar-refractivity contribution in [3.05, 3.63) is 0 Å². The summed E-state index contributed by atoms with van der Waals surface area (Å²) < 4.78 is 4.63. The van der Waals surface area contributed by atoms with Gasteiger partial charge in [0.2, 0.25) is 0 Å². The van der Waals surface area contributed by atoms with Crippen molar-refractivity contribution in [2.75, 3.05) is 33.0 Å². The highest BCUT2D eigenvalue weighted by Gasteiger charge is 1.99.